The number of carbonyl (C=O) groups excluding carboxylic acids is 1. The van der Waals surface area contributed by atoms with Crippen molar-refractivity contribution >= 4 is 33.2 Å². The Balaban J connectivity index is 2.18. The lowest BCUT2D eigenvalue weighted by Crippen LogP contribution is -2.12. The molecule has 98 valence electrons. The Morgan fingerprint density at radius 2 is 1.79 bits per heavy atom. The molecule has 0 atom stereocenters. The Morgan fingerprint density at radius 3 is 2.42 bits per heavy atom. The van der Waals surface area contributed by atoms with Gasteiger partial charge < -0.3 is 10.6 Å². The topological polar surface area (TPSA) is 41.1 Å². The van der Waals surface area contributed by atoms with Crippen molar-refractivity contribution in [3.8, 4) is 0 Å². The van der Waals surface area contributed by atoms with Gasteiger partial charge in [0.05, 0.1) is 0 Å². The number of hydrogen-bond acceptors (Lipinski definition) is 2. The van der Waals surface area contributed by atoms with E-state index in [1.807, 2.05) is 44.3 Å². The van der Waals surface area contributed by atoms with Gasteiger partial charge in [-0.15, -0.1) is 0 Å². The highest BCUT2D eigenvalue weighted by molar-refractivity contribution is 9.10. The van der Waals surface area contributed by atoms with E-state index in [9.17, 15) is 4.79 Å². The maximum absolute atomic E-state index is 12.1. The van der Waals surface area contributed by atoms with E-state index in [0.29, 0.717) is 5.56 Å². The van der Waals surface area contributed by atoms with E-state index in [1.54, 1.807) is 12.1 Å². The van der Waals surface area contributed by atoms with Crippen LogP contribution in [0.2, 0.25) is 0 Å². The number of nitrogens with one attached hydrogen (secondary N) is 2. The van der Waals surface area contributed by atoms with Crippen molar-refractivity contribution in [3.05, 3.63) is 58.1 Å². The van der Waals surface area contributed by atoms with Gasteiger partial charge in [-0.25, -0.2) is 0 Å². The summed E-state index contributed by atoms with van der Waals surface area (Å²) in [5.41, 5.74) is 3.47. The maximum Gasteiger partial charge on any atom is 0.255 e. The zero-order chi connectivity index (χ0) is 13.8. The predicted octanol–water partition coefficient (Wildman–Crippen LogP) is 4.05. The van der Waals surface area contributed by atoms with Crippen LogP contribution in [-0.4, -0.2) is 13.0 Å². The summed E-state index contributed by atoms with van der Waals surface area (Å²) in [6.45, 7) is 1.96. The van der Waals surface area contributed by atoms with Gasteiger partial charge in [0, 0.05) is 28.5 Å². The standard InChI is InChI=1S/C15H15BrN2O/c1-10-3-6-12(16)9-14(10)18-15(19)11-4-7-13(17-2)8-5-11/h3-9,17H,1-2H3,(H,18,19). The first kappa shape index (κ1) is 13.6. The van der Waals surface area contributed by atoms with Crippen LogP contribution < -0.4 is 10.6 Å². The van der Waals surface area contributed by atoms with Crippen molar-refractivity contribution in [1.29, 1.82) is 0 Å². The molecule has 0 aromatic heterocycles. The van der Waals surface area contributed by atoms with Gasteiger partial charge in [-0.3, -0.25) is 4.79 Å². The van der Waals surface area contributed by atoms with Crippen LogP contribution in [0.5, 0.6) is 0 Å². The summed E-state index contributed by atoms with van der Waals surface area (Å²) in [6, 6.07) is 13.2. The maximum atomic E-state index is 12.1. The molecule has 0 aliphatic rings. The molecule has 0 saturated carbocycles. The highest BCUT2D eigenvalue weighted by atomic mass is 79.9. The first-order valence-corrected chi connectivity index (χ1v) is 6.75. The third-order valence-electron chi connectivity index (χ3n) is 2.88. The molecule has 0 unspecified atom stereocenters. The summed E-state index contributed by atoms with van der Waals surface area (Å²) >= 11 is 3.40. The van der Waals surface area contributed by atoms with Crippen LogP contribution in [0.15, 0.2) is 46.9 Å². The van der Waals surface area contributed by atoms with Crippen LogP contribution in [0.4, 0.5) is 11.4 Å². The van der Waals surface area contributed by atoms with Crippen LogP contribution in [0, 0.1) is 6.92 Å². The molecular weight excluding hydrogens is 304 g/mol. The molecule has 0 bridgehead atoms. The molecule has 2 aromatic carbocycles. The zero-order valence-electron chi connectivity index (χ0n) is 10.8. The molecule has 0 fully saturated rings. The zero-order valence-corrected chi connectivity index (χ0v) is 12.4. The minimum absolute atomic E-state index is 0.108. The summed E-state index contributed by atoms with van der Waals surface area (Å²) in [5, 5.41) is 5.94. The van der Waals surface area contributed by atoms with Crippen molar-refractivity contribution in [2.75, 3.05) is 17.7 Å². The SMILES string of the molecule is CNc1ccc(C(=O)Nc2cc(Br)ccc2C)cc1. The van der Waals surface area contributed by atoms with Crippen LogP contribution in [0.25, 0.3) is 0 Å². The highest BCUT2D eigenvalue weighted by Crippen LogP contribution is 2.21. The molecule has 0 spiro atoms. The van der Waals surface area contributed by atoms with Gasteiger partial charge in [0.25, 0.3) is 5.91 Å². The predicted molar refractivity (Wildman–Crippen MR) is 82.8 cm³/mol. The molecule has 1 amide bonds. The van der Waals surface area contributed by atoms with E-state index in [0.717, 1.165) is 21.4 Å². The molecule has 0 aliphatic heterocycles. The summed E-state index contributed by atoms with van der Waals surface area (Å²) in [5.74, 6) is -0.108. The minimum atomic E-state index is -0.108. The molecule has 19 heavy (non-hydrogen) atoms. The fourth-order valence-corrected chi connectivity index (χ4v) is 2.07. The van der Waals surface area contributed by atoms with Gasteiger partial charge in [0.1, 0.15) is 0 Å². The average Bonchev–Trinajstić information content (AvgIpc) is 2.43. The van der Waals surface area contributed by atoms with E-state index in [-0.39, 0.29) is 5.91 Å². The summed E-state index contributed by atoms with van der Waals surface area (Å²) in [4.78, 5) is 12.1. The number of carbonyl (C=O) groups is 1. The van der Waals surface area contributed by atoms with Crippen LogP contribution >= 0.6 is 15.9 Å². The van der Waals surface area contributed by atoms with Crippen molar-refractivity contribution in [2.24, 2.45) is 0 Å². The first-order valence-electron chi connectivity index (χ1n) is 5.95. The summed E-state index contributed by atoms with van der Waals surface area (Å²) in [7, 11) is 1.85. The van der Waals surface area contributed by atoms with Gasteiger partial charge >= 0.3 is 0 Å². The van der Waals surface area contributed by atoms with Gasteiger partial charge in [-0.2, -0.15) is 0 Å². The van der Waals surface area contributed by atoms with E-state index in [1.165, 1.54) is 0 Å². The second-order valence-corrected chi connectivity index (χ2v) is 5.16. The number of benzene rings is 2. The van der Waals surface area contributed by atoms with Gasteiger partial charge in [-0.1, -0.05) is 22.0 Å². The van der Waals surface area contributed by atoms with E-state index in [4.69, 9.17) is 0 Å². The van der Waals surface area contributed by atoms with Crippen LogP contribution in [-0.2, 0) is 0 Å². The number of halogens is 1. The van der Waals surface area contributed by atoms with E-state index >= 15 is 0 Å². The van der Waals surface area contributed by atoms with Crippen LogP contribution in [0.3, 0.4) is 0 Å². The Bertz CT molecular complexity index is 594. The lowest BCUT2D eigenvalue weighted by atomic mass is 10.1. The molecule has 2 rings (SSSR count). The monoisotopic (exact) mass is 318 g/mol. The van der Waals surface area contributed by atoms with Gasteiger partial charge in [0.15, 0.2) is 0 Å². The second-order valence-electron chi connectivity index (χ2n) is 4.24. The Morgan fingerprint density at radius 1 is 1.11 bits per heavy atom. The number of aryl methyl sites for hydroxylation is 1. The van der Waals surface area contributed by atoms with Crippen molar-refractivity contribution in [1.82, 2.24) is 0 Å². The Hall–Kier alpha value is -1.81. The molecule has 2 aromatic rings. The molecule has 2 N–H and O–H groups in total. The molecule has 0 heterocycles. The quantitative estimate of drug-likeness (QED) is 0.896. The van der Waals surface area contributed by atoms with E-state index in [2.05, 4.69) is 26.6 Å². The highest BCUT2D eigenvalue weighted by Gasteiger charge is 2.07. The van der Waals surface area contributed by atoms with Crippen molar-refractivity contribution in [3.63, 3.8) is 0 Å². The average molecular weight is 319 g/mol. The van der Waals surface area contributed by atoms with Crippen molar-refractivity contribution < 1.29 is 4.79 Å². The van der Waals surface area contributed by atoms with Crippen molar-refractivity contribution in [2.45, 2.75) is 6.92 Å². The minimum Gasteiger partial charge on any atom is -0.388 e. The largest absolute Gasteiger partial charge is 0.388 e. The second kappa shape index (κ2) is 5.89. The fourth-order valence-electron chi connectivity index (χ4n) is 1.71. The third kappa shape index (κ3) is 3.35. The smallest absolute Gasteiger partial charge is 0.255 e. The van der Waals surface area contributed by atoms with Gasteiger partial charge in [0.2, 0.25) is 0 Å². The lowest BCUT2D eigenvalue weighted by Gasteiger charge is -2.09. The molecular formula is C15H15BrN2O. The molecule has 0 aliphatic carbocycles. The summed E-state index contributed by atoms with van der Waals surface area (Å²) < 4.78 is 0.943. The molecule has 0 saturated heterocycles. The van der Waals surface area contributed by atoms with E-state index < -0.39 is 0 Å². The first-order chi connectivity index (χ1) is 9.10. The number of hydrogen-bond donors (Lipinski definition) is 2. The molecule has 3 nitrogen and oxygen atoms in total. The van der Waals surface area contributed by atoms with Crippen LogP contribution in [0.1, 0.15) is 15.9 Å². The normalized spacial score (nSPS) is 10.1. The third-order valence-corrected chi connectivity index (χ3v) is 3.38. The number of amides is 1. The summed E-state index contributed by atoms with van der Waals surface area (Å²) in [6.07, 6.45) is 0. The molecule has 4 heteroatoms. The Labute approximate surface area is 121 Å². The molecule has 0 radical (unpaired) electrons. The number of anilines is 2. The van der Waals surface area contributed by atoms with Gasteiger partial charge in [-0.05, 0) is 48.9 Å². The Kier molecular flexibility index (Phi) is 4.22. The fraction of sp³-hybridized carbons (Fsp3) is 0.133. The lowest BCUT2D eigenvalue weighted by molar-refractivity contribution is 0.102. The number of rotatable bonds is 3.